The normalized spacial score (nSPS) is 17.0. The number of ketones is 1. The van der Waals surface area contributed by atoms with Gasteiger partial charge in [-0.25, -0.2) is 0 Å². The van der Waals surface area contributed by atoms with Crippen molar-refractivity contribution < 1.29 is 33.3 Å². The Morgan fingerprint density at radius 1 is 1.00 bits per heavy atom. The van der Waals surface area contributed by atoms with Gasteiger partial charge in [0.1, 0.15) is 13.2 Å². The number of rotatable bonds is 5. The molecule has 0 bridgehead atoms. The SMILES string of the molecule is COc1cc(Cl)cc2cc(C(=O)C3=C(O)C(=O)N(c4ccc5c(c4)OCCO5)C3c3ccc(C(C)(C)C)cc3)oc12. The van der Waals surface area contributed by atoms with Crippen LogP contribution < -0.4 is 19.1 Å². The topological polar surface area (TPSA) is 98.4 Å². The maximum Gasteiger partial charge on any atom is 0.294 e. The zero-order valence-corrected chi connectivity index (χ0v) is 23.7. The number of carbonyl (C=O) groups excluding carboxylic acids is 2. The van der Waals surface area contributed by atoms with Crippen LogP contribution in [-0.4, -0.2) is 37.1 Å². The van der Waals surface area contributed by atoms with Crippen LogP contribution >= 0.6 is 11.6 Å². The highest BCUT2D eigenvalue weighted by molar-refractivity contribution is 6.31. The minimum Gasteiger partial charge on any atom is -0.503 e. The standard InChI is InChI=1S/C32H28ClNO7/c1-32(2,3)19-7-5-17(6-8-19)27-26(28(35)24-14-18-13-20(33)15-25(38-4)30(18)41-24)29(36)31(37)34(27)21-9-10-22-23(16-21)40-12-11-39-22/h5-10,13-16,27,36H,11-12H2,1-4H3. The molecule has 3 aromatic carbocycles. The number of ether oxygens (including phenoxy) is 3. The summed E-state index contributed by atoms with van der Waals surface area (Å²) in [5, 5.41) is 12.2. The number of aliphatic hydroxyl groups is 1. The fraction of sp³-hybridized carbons (Fsp3) is 0.250. The van der Waals surface area contributed by atoms with Crippen molar-refractivity contribution in [1.82, 2.24) is 0 Å². The summed E-state index contributed by atoms with van der Waals surface area (Å²) in [5.74, 6) is -0.665. The lowest BCUT2D eigenvalue weighted by atomic mass is 9.85. The summed E-state index contributed by atoms with van der Waals surface area (Å²) in [4.78, 5) is 29.1. The third-order valence-corrected chi connectivity index (χ3v) is 7.56. The summed E-state index contributed by atoms with van der Waals surface area (Å²) in [6.07, 6.45) is 0. The fourth-order valence-electron chi connectivity index (χ4n) is 5.25. The number of fused-ring (bicyclic) bond motifs is 2. The van der Waals surface area contributed by atoms with E-state index in [1.54, 1.807) is 30.3 Å². The number of benzene rings is 3. The number of furan rings is 1. The van der Waals surface area contributed by atoms with E-state index >= 15 is 0 Å². The second kappa shape index (κ2) is 9.89. The third-order valence-electron chi connectivity index (χ3n) is 7.34. The molecular formula is C32H28ClNO7. The predicted molar refractivity (Wildman–Crippen MR) is 155 cm³/mol. The second-order valence-electron chi connectivity index (χ2n) is 11.0. The molecule has 2 aliphatic rings. The molecule has 4 aromatic rings. The number of aliphatic hydroxyl groups excluding tert-OH is 1. The van der Waals surface area contributed by atoms with Crippen molar-refractivity contribution in [2.45, 2.75) is 32.2 Å². The maximum absolute atomic E-state index is 14.1. The van der Waals surface area contributed by atoms with Gasteiger partial charge in [0.2, 0.25) is 5.78 Å². The van der Waals surface area contributed by atoms with Crippen molar-refractivity contribution in [3.63, 3.8) is 0 Å². The number of amides is 1. The molecule has 1 N–H and O–H groups in total. The Morgan fingerprint density at radius 3 is 2.39 bits per heavy atom. The molecule has 1 atom stereocenters. The third kappa shape index (κ3) is 4.58. The molecule has 0 aliphatic carbocycles. The van der Waals surface area contributed by atoms with E-state index in [0.29, 0.717) is 57.7 Å². The van der Waals surface area contributed by atoms with E-state index in [0.717, 1.165) is 5.56 Å². The summed E-state index contributed by atoms with van der Waals surface area (Å²) >= 11 is 6.22. The lowest BCUT2D eigenvalue weighted by Crippen LogP contribution is -2.31. The first-order valence-corrected chi connectivity index (χ1v) is 13.5. The number of carbonyl (C=O) groups is 2. The zero-order chi connectivity index (χ0) is 29.1. The van der Waals surface area contributed by atoms with Crippen molar-refractivity contribution in [2.75, 3.05) is 25.2 Å². The monoisotopic (exact) mass is 573 g/mol. The number of hydrogen-bond acceptors (Lipinski definition) is 7. The molecule has 9 heteroatoms. The molecule has 0 fully saturated rings. The molecule has 210 valence electrons. The predicted octanol–water partition coefficient (Wildman–Crippen LogP) is 6.95. The Labute approximate surface area is 241 Å². The number of halogens is 1. The Hall–Kier alpha value is -4.43. The molecule has 6 rings (SSSR count). The van der Waals surface area contributed by atoms with E-state index in [2.05, 4.69) is 20.8 Å². The van der Waals surface area contributed by atoms with Gasteiger partial charge in [0.05, 0.1) is 18.7 Å². The molecule has 41 heavy (non-hydrogen) atoms. The molecule has 8 nitrogen and oxygen atoms in total. The smallest absolute Gasteiger partial charge is 0.294 e. The molecule has 2 aliphatic heterocycles. The summed E-state index contributed by atoms with van der Waals surface area (Å²) in [6, 6.07) is 16.6. The van der Waals surface area contributed by atoms with Gasteiger partial charge in [0, 0.05) is 28.2 Å². The summed E-state index contributed by atoms with van der Waals surface area (Å²) in [7, 11) is 1.47. The highest BCUT2D eigenvalue weighted by Gasteiger charge is 2.46. The molecule has 0 saturated heterocycles. The van der Waals surface area contributed by atoms with E-state index in [-0.39, 0.29) is 16.7 Å². The van der Waals surface area contributed by atoms with Crippen molar-refractivity contribution >= 4 is 39.9 Å². The highest BCUT2D eigenvalue weighted by Crippen LogP contribution is 2.45. The second-order valence-corrected chi connectivity index (χ2v) is 11.4. The minimum absolute atomic E-state index is 0.0600. The van der Waals surface area contributed by atoms with Crippen LogP contribution in [0.3, 0.4) is 0 Å². The van der Waals surface area contributed by atoms with Crippen LogP contribution in [0.4, 0.5) is 5.69 Å². The van der Waals surface area contributed by atoms with E-state index in [1.165, 1.54) is 18.1 Å². The van der Waals surface area contributed by atoms with Crippen molar-refractivity contribution in [3.8, 4) is 17.2 Å². The number of nitrogens with zero attached hydrogens (tertiary/aromatic N) is 1. The van der Waals surface area contributed by atoms with Crippen molar-refractivity contribution in [3.05, 3.63) is 93.9 Å². The molecule has 0 spiro atoms. The Morgan fingerprint density at radius 2 is 1.71 bits per heavy atom. The van der Waals surface area contributed by atoms with Crippen molar-refractivity contribution in [2.24, 2.45) is 0 Å². The van der Waals surface area contributed by atoms with Gasteiger partial charge in [-0.2, -0.15) is 0 Å². The van der Waals surface area contributed by atoms with Gasteiger partial charge >= 0.3 is 0 Å². The van der Waals surface area contributed by atoms with Crippen LogP contribution in [0.5, 0.6) is 17.2 Å². The average Bonchev–Trinajstić information content (AvgIpc) is 3.50. The molecule has 1 amide bonds. The lowest BCUT2D eigenvalue weighted by Gasteiger charge is -2.29. The molecule has 3 heterocycles. The number of Topliss-reactive ketones (excluding diaryl/α,β-unsaturated/α-hetero) is 1. The van der Waals surface area contributed by atoms with Gasteiger partial charge in [0.25, 0.3) is 5.91 Å². The van der Waals surface area contributed by atoms with Gasteiger partial charge in [-0.3, -0.25) is 14.5 Å². The minimum atomic E-state index is -0.940. The molecular weight excluding hydrogens is 546 g/mol. The number of anilines is 1. The maximum atomic E-state index is 14.1. The quantitative estimate of drug-likeness (QED) is 0.258. The van der Waals surface area contributed by atoms with Gasteiger partial charge in [0.15, 0.2) is 34.4 Å². The first-order valence-electron chi connectivity index (χ1n) is 13.2. The lowest BCUT2D eigenvalue weighted by molar-refractivity contribution is -0.117. The largest absolute Gasteiger partial charge is 0.503 e. The van der Waals surface area contributed by atoms with Crippen molar-refractivity contribution in [1.29, 1.82) is 0 Å². The van der Waals surface area contributed by atoms with Crippen LogP contribution in [-0.2, 0) is 10.2 Å². The van der Waals surface area contributed by atoms with Gasteiger partial charge in [-0.15, -0.1) is 0 Å². The Bertz CT molecular complexity index is 1730. The van der Waals surface area contributed by atoms with Crippen LogP contribution in [0.2, 0.25) is 5.02 Å². The Kier molecular flexibility index (Phi) is 6.46. The molecule has 1 unspecified atom stereocenters. The van der Waals surface area contributed by atoms with Gasteiger partial charge in [-0.1, -0.05) is 56.6 Å². The van der Waals surface area contributed by atoms with E-state index in [9.17, 15) is 14.7 Å². The summed E-state index contributed by atoms with van der Waals surface area (Å²) in [6.45, 7) is 7.10. The zero-order valence-electron chi connectivity index (χ0n) is 23.0. The van der Waals surface area contributed by atoms with Crippen LogP contribution in [0, 0.1) is 0 Å². The molecule has 0 radical (unpaired) electrons. The van der Waals surface area contributed by atoms with E-state index < -0.39 is 23.5 Å². The highest BCUT2D eigenvalue weighted by atomic mass is 35.5. The number of hydrogen-bond donors (Lipinski definition) is 1. The van der Waals surface area contributed by atoms with Gasteiger partial charge in [-0.05, 0) is 40.8 Å². The molecule has 1 aromatic heterocycles. The fourth-order valence-corrected chi connectivity index (χ4v) is 5.47. The van der Waals surface area contributed by atoms with Gasteiger partial charge < -0.3 is 23.7 Å². The summed E-state index contributed by atoms with van der Waals surface area (Å²) in [5.41, 5.74) is 2.29. The first-order chi connectivity index (χ1) is 19.6. The average molecular weight is 574 g/mol. The van der Waals surface area contributed by atoms with Crippen LogP contribution in [0.15, 0.2) is 76.4 Å². The van der Waals surface area contributed by atoms with E-state index in [4.69, 9.17) is 30.2 Å². The summed E-state index contributed by atoms with van der Waals surface area (Å²) < 4.78 is 22.7. The van der Waals surface area contributed by atoms with E-state index in [1.807, 2.05) is 24.3 Å². The molecule has 0 saturated carbocycles. The van der Waals surface area contributed by atoms with Crippen LogP contribution in [0.1, 0.15) is 48.5 Å². The van der Waals surface area contributed by atoms with Crippen LogP contribution in [0.25, 0.3) is 11.0 Å². The first kappa shape index (κ1) is 26.8. The number of methoxy groups -OCH3 is 1. The Balaban J connectivity index is 1.49.